The van der Waals surface area contributed by atoms with Gasteiger partial charge in [0, 0.05) is 29.5 Å². The predicted octanol–water partition coefficient (Wildman–Crippen LogP) is 1.28. The number of nitrogens with one attached hydrogen (secondary N) is 1. The monoisotopic (exact) mass is 212 g/mol. The van der Waals surface area contributed by atoms with Gasteiger partial charge in [-0.1, -0.05) is 4.49 Å². The molecule has 2 heterocycles. The maximum Gasteiger partial charge on any atom is 0.0893 e. The van der Waals surface area contributed by atoms with Crippen LogP contribution in [0.2, 0.25) is 0 Å². The van der Waals surface area contributed by atoms with Crippen LogP contribution in [0.25, 0.3) is 0 Å². The van der Waals surface area contributed by atoms with Gasteiger partial charge in [0.05, 0.1) is 11.2 Å². The second-order valence-corrected chi connectivity index (χ2v) is 4.05. The minimum atomic E-state index is 0.772. The first kappa shape index (κ1) is 8.74. The van der Waals surface area contributed by atoms with Gasteiger partial charge in [-0.2, -0.15) is 0 Å². The van der Waals surface area contributed by atoms with Gasteiger partial charge < -0.3 is 5.32 Å². The van der Waals surface area contributed by atoms with Gasteiger partial charge >= 0.3 is 0 Å². The lowest BCUT2D eigenvalue weighted by Gasteiger charge is -1.97. The molecule has 0 radical (unpaired) electrons. The molecule has 2 rings (SSSR count). The Bertz CT molecular complexity index is 295. The van der Waals surface area contributed by atoms with E-state index < -0.39 is 0 Å². The van der Waals surface area contributed by atoms with Gasteiger partial charge in [0.1, 0.15) is 0 Å². The van der Waals surface area contributed by atoms with E-state index in [0.29, 0.717) is 0 Å². The van der Waals surface area contributed by atoms with Crippen molar-refractivity contribution in [3.8, 4) is 0 Å². The van der Waals surface area contributed by atoms with Crippen LogP contribution in [-0.2, 0) is 13.1 Å². The van der Waals surface area contributed by atoms with E-state index in [1.54, 1.807) is 11.3 Å². The molecule has 0 bridgehead atoms. The zero-order valence-corrected chi connectivity index (χ0v) is 8.44. The van der Waals surface area contributed by atoms with Crippen LogP contribution in [0.3, 0.4) is 0 Å². The average molecular weight is 212 g/mol. The lowest BCUT2D eigenvalue weighted by Crippen LogP contribution is -2.11. The van der Waals surface area contributed by atoms with Gasteiger partial charge in [0.25, 0.3) is 0 Å². The third-order valence-electron chi connectivity index (χ3n) is 1.49. The molecular weight excluding hydrogens is 204 g/mol. The summed E-state index contributed by atoms with van der Waals surface area (Å²) in [5, 5.41) is 9.14. The van der Waals surface area contributed by atoms with Crippen LogP contribution in [0.15, 0.2) is 17.1 Å². The van der Waals surface area contributed by atoms with Crippen molar-refractivity contribution >= 4 is 22.9 Å². The highest BCUT2D eigenvalue weighted by atomic mass is 32.1. The van der Waals surface area contributed by atoms with Gasteiger partial charge in [0.15, 0.2) is 0 Å². The molecule has 0 saturated carbocycles. The lowest BCUT2D eigenvalue weighted by molar-refractivity contribution is 0.683. The molecule has 1 N–H and O–H groups in total. The molecule has 0 aliphatic heterocycles. The Hall–Kier alpha value is -0.850. The zero-order chi connectivity index (χ0) is 8.93. The third kappa shape index (κ3) is 2.55. The fourth-order valence-corrected chi connectivity index (χ4v) is 1.92. The van der Waals surface area contributed by atoms with E-state index >= 15 is 0 Å². The lowest BCUT2D eigenvalue weighted by atomic mass is 10.4. The third-order valence-corrected chi connectivity index (χ3v) is 2.83. The van der Waals surface area contributed by atoms with E-state index in [-0.39, 0.29) is 0 Å². The number of thiazole rings is 1. The van der Waals surface area contributed by atoms with E-state index in [2.05, 4.69) is 19.9 Å². The molecule has 0 unspecified atom stereocenters. The summed E-state index contributed by atoms with van der Waals surface area (Å²) >= 11 is 3.03. The fourth-order valence-electron chi connectivity index (χ4n) is 0.904. The van der Waals surface area contributed by atoms with E-state index in [1.165, 1.54) is 16.4 Å². The van der Waals surface area contributed by atoms with Gasteiger partial charge in [-0.3, -0.25) is 4.98 Å². The van der Waals surface area contributed by atoms with Crippen molar-refractivity contribution in [3.05, 3.63) is 27.7 Å². The van der Waals surface area contributed by atoms with Crippen LogP contribution < -0.4 is 5.32 Å². The molecule has 6 heteroatoms. The quantitative estimate of drug-likeness (QED) is 0.829. The summed E-state index contributed by atoms with van der Waals surface area (Å²) in [4.78, 5) is 5.23. The summed E-state index contributed by atoms with van der Waals surface area (Å²) in [5.41, 5.74) is 2.83. The highest BCUT2D eigenvalue weighted by molar-refractivity contribution is 7.09. The van der Waals surface area contributed by atoms with Crippen LogP contribution in [0.1, 0.15) is 10.6 Å². The largest absolute Gasteiger partial charge is 0.306 e. The Morgan fingerprint density at radius 2 is 2.38 bits per heavy atom. The number of nitrogens with zero attached hydrogens (tertiary/aromatic N) is 3. The molecule has 2 aromatic heterocycles. The maximum atomic E-state index is 3.99. The molecule has 2 aromatic rings. The van der Waals surface area contributed by atoms with Crippen LogP contribution in [-0.4, -0.2) is 14.6 Å². The minimum Gasteiger partial charge on any atom is -0.306 e. The number of hydrogen-bond acceptors (Lipinski definition) is 6. The van der Waals surface area contributed by atoms with Crippen molar-refractivity contribution < 1.29 is 0 Å². The van der Waals surface area contributed by atoms with Gasteiger partial charge in [-0.25, -0.2) is 0 Å². The van der Waals surface area contributed by atoms with Gasteiger partial charge in [-0.05, 0) is 11.5 Å². The Morgan fingerprint density at radius 3 is 3.08 bits per heavy atom. The Labute approximate surface area is 83.8 Å². The van der Waals surface area contributed by atoms with Gasteiger partial charge in [-0.15, -0.1) is 16.4 Å². The molecule has 13 heavy (non-hydrogen) atoms. The summed E-state index contributed by atoms with van der Waals surface area (Å²) in [6, 6.07) is 0. The summed E-state index contributed by atoms with van der Waals surface area (Å²) < 4.78 is 3.78. The first-order valence-electron chi connectivity index (χ1n) is 3.79. The summed E-state index contributed by atoms with van der Waals surface area (Å²) in [7, 11) is 0. The number of aromatic nitrogens is 3. The molecule has 0 aliphatic rings. The number of rotatable bonds is 4. The van der Waals surface area contributed by atoms with Crippen LogP contribution in [0.4, 0.5) is 0 Å². The molecule has 0 atom stereocenters. The van der Waals surface area contributed by atoms with E-state index in [1.807, 2.05) is 17.1 Å². The smallest absolute Gasteiger partial charge is 0.0893 e. The molecule has 0 fully saturated rings. The highest BCUT2D eigenvalue weighted by Gasteiger charge is 1.96. The Kier molecular flexibility index (Phi) is 2.96. The first-order valence-corrected chi connectivity index (χ1v) is 5.51. The highest BCUT2D eigenvalue weighted by Crippen LogP contribution is 2.04. The molecule has 0 aromatic carbocycles. The zero-order valence-electron chi connectivity index (χ0n) is 6.80. The molecule has 0 aliphatic carbocycles. The summed E-state index contributed by atoms with van der Waals surface area (Å²) in [5.74, 6) is 0. The first-order chi connectivity index (χ1) is 6.45. The summed E-state index contributed by atoms with van der Waals surface area (Å²) in [6.07, 6.45) is 1.87. The van der Waals surface area contributed by atoms with Crippen molar-refractivity contribution in [2.24, 2.45) is 0 Å². The molecule has 0 spiro atoms. The molecule has 0 amide bonds. The Balaban J connectivity index is 1.76. The second kappa shape index (κ2) is 4.40. The minimum absolute atomic E-state index is 0.772. The average Bonchev–Trinajstić information content (AvgIpc) is 2.75. The molecule has 68 valence electrons. The van der Waals surface area contributed by atoms with Crippen LogP contribution in [0, 0.1) is 0 Å². The van der Waals surface area contributed by atoms with Crippen molar-refractivity contribution in [2.45, 2.75) is 13.1 Å². The topological polar surface area (TPSA) is 50.7 Å². The van der Waals surface area contributed by atoms with Crippen LogP contribution in [0.5, 0.6) is 0 Å². The van der Waals surface area contributed by atoms with Crippen molar-refractivity contribution in [1.82, 2.24) is 19.9 Å². The van der Waals surface area contributed by atoms with E-state index in [0.717, 1.165) is 18.8 Å². The molecule has 0 saturated heterocycles. The van der Waals surface area contributed by atoms with E-state index in [9.17, 15) is 0 Å². The fraction of sp³-hybridized carbons (Fsp3) is 0.286. The predicted molar refractivity (Wildman–Crippen MR) is 52.6 cm³/mol. The summed E-state index contributed by atoms with van der Waals surface area (Å²) in [6.45, 7) is 1.62. The van der Waals surface area contributed by atoms with Crippen molar-refractivity contribution in [1.29, 1.82) is 0 Å². The normalized spacial score (nSPS) is 10.5. The maximum absolute atomic E-state index is 3.99. The van der Waals surface area contributed by atoms with E-state index in [4.69, 9.17) is 0 Å². The van der Waals surface area contributed by atoms with Crippen molar-refractivity contribution in [2.75, 3.05) is 0 Å². The number of hydrogen-bond donors (Lipinski definition) is 1. The van der Waals surface area contributed by atoms with Crippen molar-refractivity contribution in [3.63, 3.8) is 0 Å². The SMILES string of the molecule is c1ncc(CNCc2csnn2)s1. The molecular formula is C7H8N4S2. The molecule has 4 nitrogen and oxygen atoms in total. The standard InChI is InChI=1S/C7H8N4S2/c1(6-4-13-11-10-6)8-2-7-3-9-5-12-7/h3-5,8H,1-2H2. The van der Waals surface area contributed by atoms with Crippen LogP contribution >= 0.6 is 22.9 Å². The van der Waals surface area contributed by atoms with Gasteiger partial charge in [0.2, 0.25) is 0 Å². The Morgan fingerprint density at radius 1 is 1.38 bits per heavy atom. The second-order valence-electron chi connectivity index (χ2n) is 2.47.